The molecule has 134 valence electrons. The van der Waals surface area contributed by atoms with Crippen molar-refractivity contribution in [1.29, 1.82) is 0 Å². The summed E-state index contributed by atoms with van der Waals surface area (Å²) in [7, 11) is 0. The molecule has 1 aliphatic heterocycles. The summed E-state index contributed by atoms with van der Waals surface area (Å²) in [6.45, 7) is 5.44. The number of hydrogen-bond acceptors (Lipinski definition) is 5. The fourth-order valence-electron chi connectivity index (χ4n) is 3.24. The lowest BCUT2D eigenvalue weighted by Crippen LogP contribution is -2.36. The summed E-state index contributed by atoms with van der Waals surface area (Å²) in [6.07, 6.45) is 2.31. The van der Waals surface area contributed by atoms with Gasteiger partial charge in [0.1, 0.15) is 5.82 Å². The number of nitrogens with two attached hydrogens (primary N) is 1. The van der Waals surface area contributed by atoms with Crippen LogP contribution in [0, 0.1) is 18.7 Å². The number of aromatic nitrogens is 2. The first-order chi connectivity index (χ1) is 11.9. The first-order valence-corrected chi connectivity index (χ1v) is 8.56. The van der Waals surface area contributed by atoms with Gasteiger partial charge in [0.05, 0.1) is 6.04 Å². The first-order valence-electron chi connectivity index (χ1n) is 8.56. The van der Waals surface area contributed by atoms with Crippen molar-refractivity contribution in [1.82, 2.24) is 15.0 Å². The molecule has 1 atom stereocenters. The third kappa shape index (κ3) is 4.04. The average Bonchev–Trinajstić information content (AvgIpc) is 3.07. The Kier molecular flexibility index (Phi) is 5.13. The fourth-order valence-corrected chi connectivity index (χ4v) is 3.24. The minimum absolute atomic E-state index is 0.0222. The van der Waals surface area contributed by atoms with Crippen LogP contribution in [-0.4, -0.2) is 34.0 Å². The predicted molar refractivity (Wildman–Crippen MR) is 91.0 cm³/mol. The van der Waals surface area contributed by atoms with E-state index >= 15 is 0 Å². The Morgan fingerprint density at radius 2 is 2.16 bits per heavy atom. The van der Waals surface area contributed by atoms with Gasteiger partial charge in [0.15, 0.2) is 0 Å². The molecule has 3 rings (SSSR count). The van der Waals surface area contributed by atoms with E-state index in [-0.39, 0.29) is 17.8 Å². The maximum Gasteiger partial charge on any atom is 0.244 e. The zero-order valence-corrected chi connectivity index (χ0v) is 14.5. The molecule has 1 aromatic carbocycles. The van der Waals surface area contributed by atoms with E-state index in [4.69, 9.17) is 10.3 Å². The van der Waals surface area contributed by atoms with Gasteiger partial charge in [0, 0.05) is 12.0 Å². The lowest BCUT2D eigenvalue weighted by atomic mass is 9.92. The lowest BCUT2D eigenvalue weighted by molar-refractivity contribution is -0.119. The van der Waals surface area contributed by atoms with E-state index < -0.39 is 0 Å². The maximum atomic E-state index is 13.7. The van der Waals surface area contributed by atoms with Crippen molar-refractivity contribution in [2.24, 2.45) is 11.7 Å². The zero-order valence-electron chi connectivity index (χ0n) is 14.5. The molecule has 1 aromatic heterocycles. The average molecular weight is 346 g/mol. The largest absolute Gasteiger partial charge is 0.370 e. The second kappa shape index (κ2) is 7.31. The van der Waals surface area contributed by atoms with E-state index in [0.29, 0.717) is 35.2 Å². The second-order valence-electron chi connectivity index (χ2n) is 6.75. The summed E-state index contributed by atoms with van der Waals surface area (Å²) in [5.74, 6) is 0.746. The van der Waals surface area contributed by atoms with Gasteiger partial charge in [0.25, 0.3) is 0 Å². The monoisotopic (exact) mass is 346 g/mol. The van der Waals surface area contributed by atoms with Crippen molar-refractivity contribution in [2.45, 2.75) is 39.2 Å². The minimum Gasteiger partial charge on any atom is -0.370 e. The van der Waals surface area contributed by atoms with Crippen LogP contribution in [0.2, 0.25) is 0 Å². The number of carbonyl (C=O) groups excluding carboxylic acids is 1. The van der Waals surface area contributed by atoms with Gasteiger partial charge in [-0.25, -0.2) is 4.39 Å². The van der Waals surface area contributed by atoms with Crippen LogP contribution in [0.4, 0.5) is 4.39 Å². The highest BCUT2D eigenvalue weighted by Gasteiger charge is 2.27. The van der Waals surface area contributed by atoms with Crippen LogP contribution in [-0.2, 0) is 4.79 Å². The molecule has 2 N–H and O–H groups in total. The summed E-state index contributed by atoms with van der Waals surface area (Å²) in [5, 5.41) is 3.99. The molecule has 2 aromatic rings. The number of benzene rings is 1. The molecule has 1 amide bonds. The van der Waals surface area contributed by atoms with Gasteiger partial charge < -0.3 is 10.3 Å². The van der Waals surface area contributed by atoms with Crippen LogP contribution in [0.3, 0.4) is 0 Å². The minimum atomic E-state index is -0.284. The predicted octanol–water partition coefficient (Wildman–Crippen LogP) is 2.83. The topological polar surface area (TPSA) is 85.3 Å². The number of carbonyl (C=O) groups is 1. The SMILES string of the molecule is Cc1ccc(-c2noc([C@H](C)N3CCC(CC(N)=O)CC3)n2)cc1F. The number of primary amides is 1. The van der Waals surface area contributed by atoms with Gasteiger partial charge >= 0.3 is 0 Å². The molecule has 0 radical (unpaired) electrons. The summed E-state index contributed by atoms with van der Waals surface area (Å²) >= 11 is 0. The molecule has 6 nitrogen and oxygen atoms in total. The summed E-state index contributed by atoms with van der Waals surface area (Å²) in [6, 6.07) is 4.89. The molecule has 1 saturated heterocycles. The summed E-state index contributed by atoms with van der Waals surface area (Å²) in [4.78, 5) is 17.7. The Hall–Kier alpha value is -2.28. The molecule has 2 heterocycles. The highest BCUT2D eigenvalue weighted by Crippen LogP contribution is 2.28. The van der Waals surface area contributed by atoms with Gasteiger partial charge in [-0.1, -0.05) is 17.3 Å². The van der Waals surface area contributed by atoms with Crippen LogP contribution in [0.15, 0.2) is 22.7 Å². The number of piperidine rings is 1. The Balaban J connectivity index is 1.66. The molecule has 7 heteroatoms. The quantitative estimate of drug-likeness (QED) is 0.900. The van der Waals surface area contributed by atoms with Gasteiger partial charge in [-0.15, -0.1) is 0 Å². The Labute approximate surface area is 146 Å². The number of likely N-dealkylation sites (tertiary alicyclic amines) is 1. The van der Waals surface area contributed by atoms with E-state index in [2.05, 4.69) is 15.0 Å². The number of amides is 1. The Bertz CT molecular complexity index is 753. The van der Waals surface area contributed by atoms with E-state index in [9.17, 15) is 9.18 Å². The van der Waals surface area contributed by atoms with Gasteiger partial charge in [-0.3, -0.25) is 9.69 Å². The standard InChI is InChI=1S/C18H23FN4O2/c1-11-3-4-14(10-15(11)19)17-21-18(25-22-17)12(2)23-7-5-13(6-8-23)9-16(20)24/h3-4,10,12-13H,5-9H2,1-2H3,(H2,20,24)/t12-/m0/s1. The van der Waals surface area contributed by atoms with Crippen molar-refractivity contribution < 1.29 is 13.7 Å². The van der Waals surface area contributed by atoms with E-state index in [1.165, 1.54) is 6.07 Å². The lowest BCUT2D eigenvalue weighted by Gasteiger charge is -2.34. The van der Waals surface area contributed by atoms with Crippen LogP contribution in [0.5, 0.6) is 0 Å². The zero-order chi connectivity index (χ0) is 18.0. The fraction of sp³-hybridized carbons (Fsp3) is 0.500. The summed E-state index contributed by atoms with van der Waals surface area (Å²) in [5.41, 5.74) is 6.46. The van der Waals surface area contributed by atoms with Gasteiger partial charge in [0.2, 0.25) is 17.6 Å². The second-order valence-corrected chi connectivity index (χ2v) is 6.75. The van der Waals surface area contributed by atoms with Gasteiger partial charge in [-0.2, -0.15) is 4.98 Å². The third-order valence-electron chi connectivity index (χ3n) is 4.92. The number of nitrogens with zero attached hydrogens (tertiary/aromatic N) is 3. The number of aryl methyl sites for hydroxylation is 1. The normalized spacial score (nSPS) is 17.6. The summed E-state index contributed by atoms with van der Waals surface area (Å²) < 4.78 is 19.1. The molecule has 0 bridgehead atoms. The van der Waals surface area contributed by atoms with Crippen LogP contribution < -0.4 is 5.73 Å². The molecule has 25 heavy (non-hydrogen) atoms. The highest BCUT2D eigenvalue weighted by molar-refractivity contribution is 5.74. The van der Waals surface area contributed by atoms with Crippen LogP contribution in [0.1, 0.15) is 43.7 Å². The number of hydrogen-bond donors (Lipinski definition) is 1. The van der Waals surface area contributed by atoms with Crippen LogP contribution >= 0.6 is 0 Å². The van der Waals surface area contributed by atoms with Crippen molar-refractivity contribution in [3.05, 3.63) is 35.5 Å². The van der Waals surface area contributed by atoms with Crippen molar-refractivity contribution in [3.63, 3.8) is 0 Å². The Morgan fingerprint density at radius 1 is 1.44 bits per heavy atom. The van der Waals surface area contributed by atoms with Crippen molar-refractivity contribution in [2.75, 3.05) is 13.1 Å². The molecule has 1 aliphatic rings. The molecule has 0 unspecified atom stereocenters. The van der Waals surface area contributed by atoms with Crippen molar-refractivity contribution >= 4 is 5.91 Å². The molecular formula is C18H23FN4O2. The molecule has 1 fully saturated rings. The third-order valence-corrected chi connectivity index (χ3v) is 4.92. The maximum absolute atomic E-state index is 13.7. The van der Waals surface area contributed by atoms with Crippen molar-refractivity contribution in [3.8, 4) is 11.4 Å². The van der Waals surface area contributed by atoms with Gasteiger partial charge in [-0.05, 0) is 57.3 Å². The molecular weight excluding hydrogens is 323 g/mol. The Morgan fingerprint density at radius 3 is 2.80 bits per heavy atom. The molecule has 0 saturated carbocycles. The smallest absolute Gasteiger partial charge is 0.244 e. The number of rotatable bonds is 5. The first kappa shape index (κ1) is 17.5. The van der Waals surface area contributed by atoms with Crippen LogP contribution in [0.25, 0.3) is 11.4 Å². The highest BCUT2D eigenvalue weighted by atomic mass is 19.1. The molecule has 0 spiro atoms. The van der Waals surface area contributed by atoms with E-state index in [1.807, 2.05) is 6.92 Å². The van der Waals surface area contributed by atoms with E-state index in [0.717, 1.165) is 25.9 Å². The number of halogens is 1. The van der Waals surface area contributed by atoms with E-state index in [1.54, 1.807) is 19.1 Å². The molecule has 0 aliphatic carbocycles.